The minimum absolute atomic E-state index is 0.0439. The normalized spacial score (nSPS) is 29.4. The average molecular weight is 933 g/mol. The first-order chi connectivity index (χ1) is 31.6. The van der Waals surface area contributed by atoms with Crippen molar-refractivity contribution in [2.24, 2.45) is 0 Å². The first-order valence-corrected chi connectivity index (χ1v) is 22.7. The van der Waals surface area contributed by atoms with E-state index in [2.05, 4.69) is 0 Å². The summed E-state index contributed by atoms with van der Waals surface area (Å²) in [7, 11) is 4.98. The van der Waals surface area contributed by atoms with Gasteiger partial charge in [0.05, 0.1) is 83.2 Å². The summed E-state index contributed by atoms with van der Waals surface area (Å²) in [5.41, 5.74) is -13.5. The summed E-state index contributed by atoms with van der Waals surface area (Å²) >= 11 is 0. The van der Waals surface area contributed by atoms with Crippen molar-refractivity contribution in [2.45, 2.75) is 138 Å². The maximum absolute atomic E-state index is 14.3. The van der Waals surface area contributed by atoms with Crippen LogP contribution in [0.1, 0.15) is 129 Å². The molecule has 14 heteroatoms. The van der Waals surface area contributed by atoms with Crippen molar-refractivity contribution in [3.05, 3.63) is 141 Å². The third-order valence-corrected chi connectivity index (χ3v) is 16.4. The molecular formula is C54H60O14. The highest BCUT2D eigenvalue weighted by atomic mass is 16.6. The molecule has 0 saturated heterocycles. The molecule has 4 atom stereocenters. The number of hydrogen-bond acceptors (Lipinski definition) is 14. The van der Waals surface area contributed by atoms with Crippen LogP contribution in [0.2, 0.25) is 0 Å². The third-order valence-electron chi connectivity index (χ3n) is 16.4. The maximum atomic E-state index is 14.3. The van der Waals surface area contributed by atoms with E-state index in [-0.39, 0.29) is 22.3 Å². The van der Waals surface area contributed by atoms with Crippen molar-refractivity contribution < 1.29 is 65.3 Å². The highest BCUT2D eigenvalue weighted by Gasteiger charge is 2.74. The Bertz CT molecular complexity index is 2770. The topological polar surface area (TPSA) is 176 Å². The standard InChI is InChI=1S/C54H60O14/c1-45(2)29-17-18-30(63-29)46(3,4)32-20-22-34(65-32)48(7,8)52-26-28-54(68-52,40(44(58)62-16)38(52)42(56)60-14)50(11,12)36-24-23-35(66-36)49(9,10)53-27-25-51(67-53,47(5,6)33-21-19-31(45)64-33)37(41(55)59-13)39(53)43(57)61-15/h17-28H,1-16H3. The number of esters is 4. The van der Waals surface area contributed by atoms with Gasteiger partial charge in [-0.1, -0.05) is 0 Å². The van der Waals surface area contributed by atoms with E-state index < -0.39 is 78.8 Å². The van der Waals surface area contributed by atoms with Crippen molar-refractivity contribution >= 4 is 23.9 Å². The van der Waals surface area contributed by atoms with Crippen LogP contribution in [0.4, 0.5) is 0 Å². The van der Waals surface area contributed by atoms with Crippen LogP contribution in [0, 0.1) is 0 Å². The summed E-state index contributed by atoms with van der Waals surface area (Å²) in [6, 6.07) is 14.8. The van der Waals surface area contributed by atoms with Gasteiger partial charge in [0.15, 0.2) is 0 Å². The van der Waals surface area contributed by atoms with Crippen LogP contribution in [-0.2, 0) is 80.1 Å². The molecule has 0 amide bonds. The molecule has 360 valence electrons. The molecule has 14 nitrogen and oxygen atoms in total. The van der Waals surface area contributed by atoms with Gasteiger partial charge >= 0.3 is 23.9 Å². The van der Waals surface area contributed by atoms with E-state index in [1.54, 1.807) is 36.4 Å². The number of furan rings is 4. The molecule has 0 aromatic carbocycles. The molecule has 0 fully saturated rings. The first-order valence-electron chi connectivity index (χ1n) is 22.7. The predicted octanol–water partition coefficient (Wildman–Crippen LogP) is 8.98. The fourth-order valence-corrected chi connectivity index (χ4v) is 11.4. The van der Waals surface area contributed by atoms with Gasteiger partial charge in [-0.3, -0.25) is 0 Å². The fourth-order valence-electron chi connectivity index (χ4n) is 11.4. The molecule has 68 heavy (non-hydrogen) atoms. The Kier molecular flexibility index (Phi) is 9.82. The third kappa shape index (κ3) is 5.41. The number of fused-ring (bicyclic) bond motifs is 8. The van der Waals surface area contributed by atoms with E-state index in [1.165, 1.54) is 28.4 Å². The Balaban J connectivity index is 1.33. The van der Waals surface area contributed by atoms with Gasteiger partial charge in [0.25, 0.3) is 0 Å². The maximum Gasteiger partial charge on any atom is 0.337 e. The average Bonchev–Trinajstić information content (AvgIpc) is 4.16. The molecular weight excluding hydrogens is 873 g/mol. The van der Waals surface area contributed by atoms with Gasteiger partial charge in [-0.05, 0) is 156 Å². The van der Waals surface area contributed by atoms with Gasteiger partial charge in [0, 0.05) is 0 Å². The molecule has 0 radical (unpaired) electrons. The van der Waals surface area contributed by atoms with Crippen LogP contribution >= 0.6 is 0 Å². The zero-order chi connectivity index (χ0) is 49.8. The number of rotatable bonds is 4. The van der Waals surface area contributed by atoms with E-state index in [0.29, 0.717) is 46.1 Å². The largest absolute Gasteiger partial charge is 0.466 e. The number of ether oxygens (including phenoxy) is 6. The lowest BCUT2D eigenvalue weighted by Crippen LogP contribution is -2.52. The second kappa shape index (κ2) is 14.2. The highest BCUT2D eigenvalue weighted by Crippen LogP contribution is 2.66. The van der Waals surface area contributed by atoms with Gasteiger partial charge in [-0.2, -0.15) is 0 Å². The highest BCUT2D eigenvalue weighted by molar-refractivity contribution is 6.08. The van der Waals surface area contributed by atoms with Gasteiger partial charge in [0.1, 0.15) is 68.5 Å². The van der Waals surface area contributed by atoms with Gasteiger partial charge in [0.2, 0.25) is 0 Å². The zero-order valence-electron chi connectivity index (χ0n) is 41.6. The Morgan fingerprint density at radius 1 is 0.324 bits per heavy atom. The zero-order valence-corrected chi connectivity index (χ0v) is 41.6. The molecule has 0 N–H and O–H groups in total. The molecule has 5 aliphatic heterocycles. The second-order valence-electron chi connectivity index (χ2n) is 21.7. The van der Waals surface area contributed by atoms with E-state index in [0.717, 1.165) is 0 Å². The molecule has 0 aliphatic carbocycles. The van der Waals surface area contributed by atoms with Crippen molar-refractivity contribution in [3.8, 4) is 0 Å². The smallest absolute Gasteiger partial charge is 0.337 e. The van der Waals surface area contributed by atoms with Gasteiger partial charge in [-0.15, -0.1) is 0 Å². The fraction of sp³-hybridized carbons (Fsp3) is 0.481. The van der Waals surface area contributed by atoms with E-state index in [1.807, 2.05) is 119 Å². The van der Waals surface area contributed by atoms with E-state index in [9.17, 15) is 19.2 Å². The summed E-state index contributed by atoms with van der Waals surface area (Å²) in [5, 5.41) is 0. The summed E-state index contributed by atoms with van der Waals surface area (Å²) < 4.78 is 63.8. The summed E-state index contributed by atoms with van der Waals surface area (Å²) in [6.07, 6.45) is 7.12. The summed E-state index contributed by atoms with van der Waals surface area (Å²) in [6.45, 7) is 22.9. The number of carbonyl (C=O) groups excluding carboxylic acids is 4. The Hall–Kier alpha value is -6.12. The van der Waals surface area contributed by atoms with Crippen LogP contribution < -0.4 is 0 Å². The van der Waals surface area contributed by atoms with Crippen LogP contribution in [0.5, 0.6) is 0 Å². The molecule has 12 bridgehead atoms. The Morgan fingerprint density at radius 2 is 0.500 bits per heavy atom. The van der Waals surface area contributed by atoms with Crippen molar-refractivity contribution in [3.63, 3.8) is 0 Å². The van der Waals surface area contributed by atoms with Gasteiger partial charge < -0.3 is 46.1 Å². The van der Waals surface area contributed by atoms with Gasteiger partial charge in [-0.25, -0.2) is 19.2 Å². The molecule has 5 aliphatic rings. The molecule has 9 rings (SSSR count). The van der Waals surface area contributed by atoms with E-state index >= 15 is 0 Å². The number of hydrogen-bond donors (Lipinski definition) is 0. The summed E-state index contributed by atoms with van der Waals surface area (Å²) in [5.74, 6) is 0.753. The van der Waals surface area contributed by atoms with Crippen LogP contribution in [0.3, 0.4) is 0 Å². The van der Waals surface area contributed by atoms with Crippen molar-refractivity contribution in [1.29, 1.82) is 0 Å². The van der Waals surface area contributed by atoms with Crippen LogP contribution in [0.25, 0.3) is 0 Å². The minimum Gasteiger partial charge on any atom is -0.466 e. The van der Waals surface area contributed by atoms with E-state index in [4.69, 9.17) is 46.1 Å². The number of carbonyl (C=O) groups is 4. The molecule has 4 aromatic rings. The monoisotopic (exact) mass is 932 g/mol. The van der Waals surface area contributed by atoms with Crippen LogP contribution in [-0.4, -0.2) is 74.7 Å². The Morgan fingerprint density at radius 3 is 0.706 bits per heavy atom. The second-order valence-corrected chi connectivity index (χ2v) is 21.7. The molecule has 0 saturated carbocycles. The lowest BCUT2D eigenvalue weighted by molar-refractivity contribution is -0.143. The summed E-state index contributed by atoms with van der Waals surface area (Å²) in [4.78, 5) is 57.3. The van der Waals surface area contributed by atoms with Crippen LogP contribution in [0.15, 0.2) is 113 Å². The molecule has 4 unspecified atom stereocenters. The minimum atomic E-state index is -1.69. The molecule has 9 heterocycles. The lowest BCUT2D eigenvalue weighted by atomic mass is 9.63. The van der Waals surface area contributed by atoms with Crippen molar-refractivity contribution in [2.75, 3.05) is 28.4 Å². The predicted molar refractivity (Wildman–Crippen MR) is 245 cm³/mol. The number of methoxy groups -OCH3 is 4. The van der Waals surface area contributed by atoms with Crippen molar-refractivity contribution in [1.82, 2.24) is 0 Å². The molecule has 4 aromatic heterocycles. The SMILES string of the molecule is COC(=O)C1=C(C(=O)OC)C23C=CC1(O2)C(C)(C)c1ccc(o1)C(C)(C)c1ccc(o1)C(C)(C)c1ccc(o1)C(C)(C)C12C=CC(O1)(C(C(=O)OC)=C2C(=O)OC)C(C)(C)c1ccc(o1)C3(C)C. The lowest BCUT2D eigenvalue weighted by Gasteiger charge is -2.44. The Labute approximate surface area is 395 Å². The quantitative estimate of drug-likeness (QED) is 0.108. The first kappa shape index (κ1) is 47.0. The molecule has 0 spiro atoms.